The summed E-state index contributed by atoms with van der Waals surface area (Å²) >= 11 is 1.95. The molecule has 0 nitrogen and oxygen atoms in total. The van der Waals surface area contributed by atoms with Crippen LogP contribution in [-0.4, -0.2) is 0 Å². The second-order valence-corrected chi connectivity index (χ2v) is 8.14. The third-order valence-corrected chi connectivity index (χ3v) is 6.09. The van der Waals surface area contributed by atoms with Gasteiger partial charge in [0, 0.05) is 15.0 Å². The summed E-state index contributed by atoms with van der Waals surface area (Å²) in [5, 5.41) is 1.41. The van der Waals surface area contributed by atoms with Crippen LogP contribution in [0.15, 0.2) is 72.8 Å². The zero-order valence-electron chi connectivity index (χ0n) is 15.5. The van der Waals surface area contributed by atoms with Crippen LogP contribution in [0.3, 0.4) is 0 Å². The summed E-state index contributed by atoms with van der Waals surface area (Å²) in [4.78, 5) is 1.39. The molecule has 0 bridgehead atoms. The topological polar surface area (TPSA) is 0 Å². The predicted molar refractivity (Wildman–Crippen MR) is 116 cm³/mol. The number of thiophene rings is 1. The fourth-order valence-corrected chi connectivity index (χ4v) is 4.82. The van der Waals surface area contributed by atoms with Crippen molar-refractivity contribution in [1.82, 2.24) is 0 Å². The van der Waals surface area contributed by atoms with Crippen molar-refractivity contribution in [2.24, 2.45) is 0 Å². The zero-order valence-corrected chi connectivity index (χ0v) is 16.3. The Morgan fingerprint density at radius 1 is 0.769 bits per heavy atom. The van der Waals surface area contributed by atoms with Gasteiger partial charge in [-0.1, -0.05) is 74.0 Å². The molecule has 26 heavy (non-hydrogen) atoms. The van der Waals surface area contributed by atoms with E-state index < -0.39 is 0 Å². The molecule has 0 amide bonds. The quantitative estimate of drug-likeness (QED) is 0.341. The first-order chi connectivity index (χ1) is 12.8. The van der Waals surface area contributed by atoms with Crippen LogP contribution in [0.2, 0.25) is 0 Å². The molecular weight excluding hydrogens is 332 g/mol. The molecule has 1 aromatic heterocycles. The van der Waals surface area contributed by atoms with Crippen LogP contribution in [0, 0.1) is 6.92 Å². The third kappa shape index (κ3) is 3.20. The summed E-state index contributed by atoms with van der Waals surface area (Å²) in [6.07, 6.45) is 3.60. The Morgan fingerprint density at radius 2 is 1.38 bits per heavy atom. The van der Waals surface area contributed by atoms with Crippen molar-refractivity contribution in [3.63, 3.8) is 0 Å². The van der Waals surface area contributed by atoms with Crippen LogP contribution >= 0.6 is 11.3 Å². The van der Waals surface area contributed by atoms with Crippen molar-refractivity contribution in [3.05, 3.63) is 83.2 Å². The highest BCUT2D eigenvalue weighted by atomic mass is 32.1. The first kappa shape index (κ1) is 17.1. The van der Waals surface area contributed by atoms with E-state index in [-0.39, 0.29) is 0 Å². The molecule has 0 saturated heterocycles. The minimum absolute atomic E-state index is 1.15. The molecule has 4 rings (SSSR count). The highest BCUT2D eigenvalue weighted by Gasteiger charge is 2.16. The van der Waals surface area contributed by atoms with Gasteiger partial charge in [0.15, 0.2) is 0 Å². The third-order valence-electron chi connectivity index (χ3n) is 4.98. The summed E-state index contributed by atoms with van der Waals surface area (Å²) in [7, 11) is 0. The molecule has 1 heteroatoms. The normalized spacial score (nSPS) is 11.2. The van der Waals surface area contributed by atoms with E-state index in [1.54, 1.807) is 0 Å². The van der Waals surface area contributed by atoms with E-state index in [0.29, 0.717) is 0 Å². The van der Waals surface area contributed by atoms with Crippen LogP contribution in [0.25, 0.3) is 32.3 Å². The first-order valence-corrected chi connectivity index (χ1v) is 10.3. The molecule has 0 aliphatic heterocycles. The van der Waals surface area contributed by atoms with Gasteiger partial charge in [-0.05, 0) is 59.7 Å². The van der Waals surface area contributed by atoms with Crippen molar-refractivity contribution in [1.29, 1.82) is 0 Å². The molecule has 0 N–H and O–H groups in total. The van der Waals surface area contributed by atoms with E-state index in [1.165, 1.54) is 55.6 Å². The molecular formula is C25H24S. The Hall–Kier alpha value is -2.38. The van der Waals surface area contributed by atoms with Crippen LogP contribution < -0.4 is 0 Å². The Morgan fingerprint density at radius 3 is 2.00 bits per heavy atom. The van der Waals surface area contributed by atoms with Gasteiger partial charge in [-0.15, -0.1) is 11.3 Å². The smallest absolute Gasteiger partial charge is 0.0389 e. The lowest BCUT2D eigenvalue weighted by molar-refractivity contribution is 0.800. The standard InChI is InChI=1S/C25H24S/c1-3-4-15-21-22(19-11-7-5-8-12-19)17-23(20-13-9-6-10-14-20)24-16-18(2)26-25(21)24/h5-14,16-17H,3-4,15H2,1-2H3. The van der Waals surface area contributed by atoms with E-state index >= 15 is 0 Å². The average Bonchev–Trinajstić information content (AvgIpc) is 3.08. The molecule has 0 fully saturated rings. The predicted octanol–water partition coefficient (Wildman–Crippen LogP) is 7.89. The van der Waals surface area contributed by atoms with Crippen molar-refractivity contribution in [3.8, 4) is 22.3 Å². The number of rotatable bonds is 5. The van der Waals surface area contributed by atoms with Crippen molar-refractivity contribution >= 4 is 21.4 Å². The maximum Gasteiger partial charge on any atom is 0.0389 e. The molecule has 0 aliphatic carbocycles. The van der Waals surface area contributed by atoms with Crippen molar-refractivity contribution in [2.75, 3.05) is 0 Å². The highest BCUT2D eigenvalue weighted by molar-refractivity contribution is 7.19. The van der Waals surface area contributed by atoms with Gasteiger partial charge in [-0.2, -0.15) is 0 Å². The van der Waals surface area contributed by atoms with E-state index in [2.05, 4.69) is 86.6 Å². The van der Waals surface area contributed by atoms with Gasteiger partial charge in [0.1, 0.15) is 0 Å². The highest BCUT2D eigenvalue weighted by Crippen LogP contribution is 2.42. The first-order valence-electron chi connectivity index (χ1n) is 9.44. The van der Waals surface area contributed by atoms with Gasteiger partial charge in [0.25, 0.3) is 0 Å². The SMILES string of the molecule is CCCCc1c(-c2ccccc2)cc(-c2ccccc2)c2cc(C)sc12. The number of hydrogen-bond acceptors (Lipinski definition) is 1. The lowest BCUT2D eigenvalue weighted by atomic mass is 9.90. The minimum Gasteiger partial charge on any atom is -0.140 e. The number of benzene rings is 3. The number of fused-ring (bicyclic) bond motifs is 1. The monoisotopic (exact) mass is 356 g/mol. The molecule has 0 spiro atoms. The number of unbranched alkanes of at least 4 members (excludes halogenated alkanes) is 1. The second kappa shape index (κ2) is 7.47. The Bertz CT molecular complexity index is 1010. The molecule has 1 heterocycles. The fourth-order valence-electron chi connectivity index (χ4n) is 3.70. The molecule has 0 atom stereocenters. The van der Waals surface area contributed by atoms with E-state index in [1.807, 2.05) is 11.3 Å². The largest absolute Gasteiger partial charge is 0.140 e. The molecule has 0 radical (unpaired) electrons. The molecule has 0 saturated carbocycles. The van der Waals surface area contributed by atoms with E-state index in [4.69, 9.17) is 0 Å². The van der Waals surface area contributed by atoms with Gasteiger partial charge in [-0.25, -0.2) is 0 Å². The second-order valence-electron chi connectivity index (χ2n) is 6.89. The molecule has 130 valence electrons. The van der Waals surface area contributed by atoms with Gasteiger partial charge in [0.05, 0.1) is 0 Å². The minimum atomic E-state index is 1.15. The zero-order chi connectivity index (χ0) is 17.9. The van der Waals surface area contributed by atoms with Crippen LogP contribution in [0.4, 0.5) is 0 Å². The Kier molecular flexibility index (Phi) is 4.90. The molecule has 0 unspecified atom stereocenters. The molecule has 3 aromatic carbocycles. The van der Waals surface area contributed by atoms with Gasteiger partial charge >= 0.3 is 0 Å². The van der Waals surface area contributed by atoms with E-state index in [0.717, 1.165) is 6.42 Å². The molecule has 0 aliphatic rings. The number of hydrogen-bond donors (Lipinski definition) is 0. The fraction of sp³-hybridized carbons (Fsp3) is 0.200. The summed E-state index contributed by atoms with van der Waals surface area (Å²) in [5.41, 5.74) is 6.89. The van der Waals surface area contributed by atoms with Gasteiger partial charge in [0.2, 0.25) is 0 Å². The summed E-state index contributed by atoms with van der Waals surface area (Å²) < 4.78 is 1.47. The van der Waals surface area contributed by atoms with Crippen LogP contribution in [-0.2, 0) is 6.42 Å². The van der Waals surface area contributed by atoms with Crippen LogP contribution in [0.5, 0.6) is 0 Å². The lowest BCUT2D eigenvalue weighted by Crippen LogP contribution is -1.93. The van der Waals surface area contributed by atoms with Gasteiger partial charge in [-0.3, -0.25) is 0 Å². The summed E-state index contributed by atoms with van der Waals surface area (Å²) in [6.45, 7) is 4.50. The molecule has 4 aromatic rings. The van der Waals surface area contributed by atoms with Crippen molar-refractivity contribution < 1.29 is 0 Å². The number of aryl methyl sites for hydroxylation is 2. The van der Waals surface area contributed by atoms with Crippen molar-refractivity contribution in [2.45, 2.75) is 33.1 Å². The van der Waals surface area contributed by atoms with E-state index in [9.17, 15) is 0 Å². The van der Waals surface area contributed by atoms with Crippen LogP contribution in [0.1, 0.15) is 30.2 Å². The summed E-state index contributed by atoms with van der Waals surface area (Å²) in [6, 6.07) is 26.5. The Balaban J connectivity index is 2.04. The average molecular weight is 357 g/mol. The van der Waals surface area contributed by atoms with Gasteiger partial charge < -0.3 is 0 Å². The lowest BCUT2D eigenvalue weighted by Gasteiger charge is -2.15. The Labute approximate surface area is 160 Å². The maximum absolute atomic E-state index is 2.42. The summed E-state index contributed by atoms with van der Waals surface area (Å²) in [5.74, 6) is 0. The maximum atomic E-state index is 2.42.